The molecule has 1 heterocycles. The quantitative estimate of drug-likeness (QED) is 0.777. The average molecular weight is 208 g/mol. The van der Waals surface area contributed by atoms with Crippen molar-refractivity contribution in [1.29, 1.82) is 0 Å². The smallest absolute Gasteiger partial charge is 0.228 e. The van der Waals surface area contributed by atoms with Crippen molar-refractivity contribution in [2.24, 2.45) is 5.73 Å². The zero-order valence-corrected chi connectivity index (χ0v) is 8.51. The number of hydrogen-bond donors (Lipinski definition) is 2. The normalized spacial score (nSPS) is 16.1. The first kappa shape index (κ1) is 10.1. The van der Waals surface area contributed by atoms with Crippen LogP contribution in [0, 0.1) is 5.82 Å². The van der Waals surface area contributed by atoms with E-state index in [2.05, 4.69) is 5.32 Å². The Kier molecular flexibility index (Phi) is 2.44. The lowest BCUT2D eigenvalue weighted by molar-refractivity contribution is -0.115. The van der Waals surface area contributed by atoms with Gasteiger partial charge in [0.1, 0.15) is 5.82 Å². The predicted molar refractivity (Wildman–Crippen MR) is 56.0 cm³/mol. The number of anilines is 1. The van der Waals surface area contributed by atoms with Crippen LogP contribution in [0.25, 0.3) is 0 Å². The van der Waals surface area contributed by atoms with E-state index in [1.807, 2.05) is 13.0 Å². The Morgan fingerprint density at radius 2 is 2.33 bits per heavy atom. The van der Waals surface area contributed by atoms with Crippen LogP contribution in [0.5, 0.6) is 0 Å². The van der Waals surface area contributed by atoms with E-state index in [0.29, 0.717) is 11.3 Å². The highest BCUT2D eigenvalue weighted by Gasteiger charge is 2.22. The Balaban J connectivity index is 2.44. The van der Waals surface area contributed by atoms with Gasteiger partial charge in [0.15, 0.2) is 0 Å². The number of halogens is 1. The van der Waals surface area contributed by atoms with E-state index < -0.39 is 5.82 Å². The van der Waals surface area contributed by atoms with Crippen molar-refractivity contribution in [3.05, 3.63) is 29.1 Å². The first-order valence-electron chi connectivity index (χ1n) is 4.99. The fourth-order valence-electron chi connectivity index (χ4n) is 1.77. The standard InChI is InChI=1S/C11H13FN2O/c1-2-9(13)6-3-7-5-10(15)14-11(7)8(12)4-6/h3-4,9H,2,5,13H2,1H3,(H,14,15). The molecule has 1 aromatic rings. The summed E-state index contributed by atoms with van der Waals surface area (Å²) in [5.41, 5.74) is 7.59. The Hall–Kier alpha value is -1.42. The van der Waals surface area contributed by atoms with Crippen LogP contribution in [0.1, 0.15) is 30.5 Å². The van der Waals surface area contributed by atoms with Crippen LogP contribution in [-0.4, -0.2) is 5.91 Å². The van der Waals surface area contributed by atoms with Gasteiger partial charge in [0, 0.05) is 6.04 Å². The number of nitrogens with one attached hydrogen (secondary N) is 1. The fraction of sp³-hybridized carbons (Fsp3) is 0.364. The molecule has 4 heteroatoms. The summed E-state index contributed by atoms with van der Waals surface area (Å²) in [5, 5.41) is 2.50. The number of benzene rings is 1. The molecule has 0 spiro atoms. The van der Waals surface area contributed by atoms with Gasteiger partial charge in [0.25, 0.3) is 0 Å². The summed E-state index contributed by atoms with van der Waals surface area (Å²) in [6, 6.07) is 3.05. The van der Waals surface area contributed by atoms with Gasteiger partial charge in [-0.05, 0) is 23.6 Å². The van der Waals surface area contributed by atoms with E-state index in [9.17, 15) is 9.18 Å². The van der Waals surface area contributed by atoms with E-state index in [1.165, 1.54) is 6.07 Å². The van der Waals surface area contributed by atoms with Crippen LogP contribution in [-0.2, 0) is 11.2 Å². The van der Waals surface area contributed by atoms with E-state index in [4.69, 9.17) is 5.73 Å². The molecular formula is C11H13FN2O. The fourth-order valence-corrected chi connectivity index (χ4v) is 1.77. The molecule has 3 nitrogen and oxygen atoms in total. The molecular weight excluding hydrogens is 195 g/mol. The van der Waals surface area contributed by atoms with Gasteiger partial charge in [0.2, 0.25) is 5.91 Å². The molecule has 0 bridgehead atoms. The first-order chi connectivity index (χ1) is 7.11. The van der Waals surface area contributed by atoms with Crippen molar-refractivity contribution in [3.8, 4) is 0 Å². The van der Waals surface area contributed by atoms with Gasteiger partial charge in [0.05, 0.1) is 12.1 Å². The largest absolute Gasteiger partial charge is 0.324 e. The lowest BCUT2D eigenvalue weighted by atomic mass is 10.0. The van der Waals surface area contributed by atoms with Crippen LogP contribution in [0.2, 0.25) is 0 Å². The zero-order valence-electron chi connectivity index (χ0n) is 8.51. The van der Waals surface area contributed by atoms with Crippen molar-refractivity contribution in [3.63, 3.8) is 0 Å². The van der Waals surface area contributed by atoms with E-state index in [-0.39, 0.29) is 18.4 Å². The molecule has 1 aromatic carbocycles. The molecule has 1 unspecified atom stereocenters. The number of rotatable bonds is 2. The van der Waals surface area contributed by atoms with Gasteiger partial charge < -0.3 is 11.1 Å². The third-order valence-corrected chi connectivity index (χ3v) is 2.68. The SMILES string of the molecule is CCC(N)c1cc(F)c2c(c1)CC(=O)N2. The molecule has 1 amide bonds. The number of nitrogens with two attached hydrogens (primary N) is 1. The molecule has 0 saturated heterocycles. The molecule has 0 radical (unpaired) electrons. The van der Waals surface area contributed by atoms with Crippen molar-refractivity contribution in [1.82, 2.24) is 0 Å². The minimum atomic E-state index is -0.391. The lowest BCUT2D eigenvalue weighted by Crippen LogP contribution is -2.09. The highest BCUT2D eigenvalue weighted by atomic mass is 19.1. The van der Waals surface area contributed by atoms with Gasteiger partial charge in [-0.2, -0.15) is 0 Å². The molecule has 0 saturated carbocycles. The molecule has 1 atom stereocenters. The van der Waals surface area contributed by atoms with Crippen LogP contribution < -0.4 is 11.1 Å². The number of fused-ring (bicyclic) bond motifs is 1. The molecule has 2 rings (SSSR count). The summed E-state index contributed by atoms with van der Waals surface area (Å²) in [6.45, 7) is 1.94. The molecule has 1 aliphatic rings. The van der Waals surface area contributed by atoms with Gasteiger partial charge in [-0.3, -0.25) is 4.79 Å². The monoisotopic (exact) mass is 208 g/mol. The topological polar surface area (TPSA) is 55.1 Å². The van der Waals surface area contributed by atoms with Crippen LogP contribution in [0.15, 0.2) is 12.1 Å². The summed E-state index contributed by atoms with van der Waals surface area (Å²) >= 11 is 0. The highest BCUT2D eigenvalue weighted by molar-refractivity contribution is 5.99. The number of amides is 1. The van der Waals surface area contributed by atoms with Crippen LogP contribution >= 0.6 is 0 Å². The summed E-state index contributed by atoms with van der Waals surface area (Å²) in [7, 11) is 0. The minimum absolute atomic E-state index is 0.161. The predicted octanol–water partition coefficient (Wildman–Crippen LogP) is 1.73. The number of hydrogen-bond acceptors (Lipinski definition) is 2. The molecule has 3 N–H and O–H groups in total. The van der Waals surface area contributed by atoms with Crippen molar-refractivity contribution >= 4 is 11.6 Å². The van der Waals surface area contributed by atoms with E-state index >= 15 is 0 Å². The Morgan fingerprint density at radius 1 is 1.60 bits per heavy atom. The Bertz CT molecular complexity index is 417. The van der Waals surface area contributed by atoms with E-state index in [1.54, 1.807) is 0 Å². The molecule has 0 aromatic heterocycles. The Morgan fingerprint density at radius 3 is 3.00 bits per heavy atom. The maximum Gasteiger partial charge on any atom is 0.228 e. The molecule has 0 fully saturated rings. The number of carbonyl (C=O) groups excluding carboxylic acids is 1. The summed E-state index contributed by atoms with van der Waals surface area (Å²) < 4.78 is 13.6. The van der Waals surface area contributed by atoms with Crippen LogP contribution in [0.3, 0.4) is 0 Å². The van der Waals surface area contributed by atoms with Crippen molar-refractivity contribution in [2.45, 2.75) is 25.8 Å². The second-order valence-corrected chi connectivity index (χ2v) is 3.78. The maximum absolute atomic E-state index is 13.6. The van der Waals surface area contributed by atoms with E-state index in [0.717, 1.165) is 12.0 Å². The average Bonchev–Trinajstić information content (AvgIpc) is 2.58. The Labute approximate surface area is 87.5 Å². The van der Waals surface area contributed by atoms with Crippen molar-refractivity contribution in [2.75, 3.05) is 5.32 Å². The molecule has 15 heavy (non-hydrogen) atoms. The third kappa shape index (κ3) is 1.72. The van der Waals surface area contributed by atoms with Gasteiger partial charge >= 0.3 is 0 Å². The van der Waals surface area contributed by atoms with Gasteiger partial charge in [-0.1, -0.05) is 13.0 Å². The molecule has 1 aliphatic heterocycles. The molecule has 0 aliphatic carbocycles. The van der Waals surface area contributed by atoms with Gasteiger partial charge in [-0.15, -0.1) is 0 Å². The summed E-state index contributed by atoms with van der Waals surface area (Å²) in [6.07, 6.45) is 0.996. The second kappa shape index (κ2) is 3.62. The van der Waals surface area contributed by atoms with Crippen molar-refractivity contribution < 1.29 is 9.18 Å². The highest BCUT2D eigenvalue weighted by Crippen LogP contribution is 2.29. The molecule has 80 valence electrons. The third-order valence-electron chi connectivity index (χ3n) is 2.68. The zero-order chi connectivity index (χ0) is 11.0. The maximum atomic E-state index is 13.6. The first-order valence-corrected chi connectivity index (χ1v) is 4.99. The number of carbonyl (C=O) groups is 1. The van der Waals surface area contributed by atoms with Gasteiger partial charge in [-0.25, -0.2) is 4.39 Å². The second-order valence-electron chi connectivity index (χ2n) is 3.78. The lowest BCUT2D eigenvalue weighted by Gasteiger charge is -2.11. The van der Waals surface area contributed by atoms with Crippen LogP contribution in [0.4, 0.5) is 10.1 Å². The summed E-state index contributed by atoms with van der Waals surface area (Å²) in [5.74, 6) is -0.552. The summed E-state index contributed by atoms with van der Waals surface area (Å²) in [4.78, 5) is 11.1. The minimum Gasteiger partial charge on any atom is -0.324 e.